The monoisotopic (exact) mass is 585 g/mol. The molecular formula is C30H29Cl2N9. The summed E-state index contributed by atoms with van der Waals surface area (Å²) in [4.78, 5) is 8.86. The van der Waals surface area contributed by atoms with Crippen molar-refractivity contribution in [2.24, 2.45) is 0 Å². The fourth-order valence-corrected chi connectivity index (χ4v) is 5.65. The lowest BCUT2D eigenvalue weighted by atomic mass is 10.0. The summed E-state index contributed by atoms with van der Waals surface area (Å²) in [5, 5.41) is 24.3. The minimum Gasteiger partial charge on any atom is -0.373 e. The molecule has 5 N–H and O–H groups in total. The summed E-state index contributed by atoms with van der Waals surface area (Å²) in [7, 11) is 0. The molecule has 4 aromatic rings. The van der Waals surface area contributed by atoms with E-state index in [9.17, 15) is 5.26 Å². The van der Waals surface area contributed by atoms with Gasteiger partial charge >= 0.3 is 0 Å². The molecule has 0 bridgehead atoms. The number of hydrogen-bond donors (Lipinski definition) is 5. The summed E-state index contributed by atoms with van der Waals surface area (Å²) < 4.78 is 0. The van der Waals surface area contributed by atoms with Crippen molar-refractivity contribution in [2.45, 2.75) is 31.8 Å². The van der Waals surface area contributed by atoms with E-state index >= 15 is 0 Å². The van der Waals surface area contributed by atoms with E-state index in [1.807, 2.05) is 55.6 Å². The van der Waals surface area contributed by atoms with Gasteiger partial charge in [0, 0.05) is 52.6 Å². The summed E-state index contributed by atoms with van der Waals surface area (Å²) >= 11 is 13.2. The average molecular weight is 587 g/mol. The first-order valence-corrected chi connectivity index (χ1v) is 14.2. The number of nitriles is 1. The van der Waals surface area contributed by atoms with Crippen LogP contribution in [0.3, 0.4) is 0 Å². The number of hydrogen-bond acceptors (Lipinski definition) is 9. The highest BCUT2D eigenvalue weighted by atomic mass is 35.5. The maximum Gasteiger partial charge on any atom is 0.103 e. The van der Waals surface area contributed by atoms with E-state index in [2.05, 4.69) is 54.2 Å². The van der Waals surface area contributed by atoms with Gasteiger partial charge in [-0.15, -0.1) is 5.53 Å². The lowest BCUT2D eigenvalue weighted by Gasteiger charge is -2.30. The number of benzene rings is 2. The molecule has 0 spiro atoms. The van der Waals surface area contributed by atoms with Crippen LogP contribution in [0.25, 0.3) is 10.9 Å². The van der Waals surface area contributed by atoms with E-state index in [-0.39, 0.29) is 6.04 Å². The fraction of sp³-hybridized carbons (Fsp3) is 0.233. The zero-order valence-corrected chi connectivity index (χ0v) is 23.9. The van der Waals surface area contributed by atoms with Gasteiger partial charge in [-0.05, 0) is 74.3 Å². The molecule has 41 heavy (non-hydrogen) atoms. The maximum absolute atomic E-state index is 9.92. The van der Waals surface area contributed by atoms with Crippen molar-refractivity contribution in [2.75, 3.05) is 23.7 Å². The number of hydrazine groups is 2. The molecule has 4 heterocycles. The molecule has 9 nitrogen and oxygen atoms in total. The van der Waals surface area contributed by atoms with Crippen LogP contribution < -0.4 is 26.9 Å². The molecule has 0 amide bonds. The van der Waals surface area contributed by atoms with Crippen molar-refractivity contribution in [3.8, 4) is 6.07 Å². The van der Waals surface area contributed by atoms with Crippen molar-refractivity contribution in [3.63, 3.8) is 0 Å². The minimum absolute atomic E-state index is 0.254. The number of pyridine rings is 2. The predicted molar refractivity (Wildman–Crippen MR) is 164 cm³/mol. The Labute approximate surface area is 248 Å². The smallest absolute Gasteiger partial charge is 0.103 e. The Morgan fingerprint density at radius 3 is 2.66 bits per heavy atom. The zero-order chi connectivity index (χ0) is 28.3. The van der Waals surface area contributed by atoms with E-state index in [4.69, 9.17) is 23.2 Å². The third kappa shape index (κ3) is 5.73. The first-order valence-electron chi connectivity index (χ1n) is 13.4. The topological polar surface area (TPSA) is 113 Å². The van der Waals surface area contributed by atoms with Crippen LogP contribution in [0.2, 0.25) is 10.0 Å². The highest BCUT2D eigenvalue weighted by Gasteiger charge is 2.27. The molecule has 1 unspecified atom stereocenters. The van der Waals surface area contributed by atoms with Crippen LogP contribution in [0, 0.1) is 18.3 Å². The molecule has 2 aliphatic rings. The minimum atomic E-state index is -0.254. The summed E-state index contributed by atoms with van der Waals surface area (Å²) in [6.45, 7) is 3.94. The predicted octanol–water partition coefficient (Wildman–Crippen LogP) is 5.93. The lowest BCUT2D eigenvalue weighted by Crippen LogP contribution is -2.47. The molecule has 1 atom stereocenters. The Balaban J connectivity index is 1.38. The first-order chi connectivity index (χ1) is 20.0. The number of rotatable bonds is 7. The Bertz CT molecular complexity index is 1650. The number of nitrogens with one attached hydrogen (secondary N) is 5. The molecule has 208 valence electrons. The van der Waals surface area contributed by atoms with Gasteiger partial charge in [-0.25, -0.2) is 0 Å². The van der Waals surface area contributed by atoms with Crippen LogP contribution in [0.4, 0.5) is 17.1 Å². The van der Waals surface area contributed by atoms with Crippen LogP contribution in [0.1, 0.15) is 35.6 Å². The van der Waals surface area contributed by atoms with Gasteiger partial charge in [0.25, 0.3) is 0 Å². The van der Waals surface area contributed by atoms with Crippen LogP contribution in [-0.2, 0) is 0 Å². The van der Waals surface area contributed by atoms with Crippen LogP contribution >= 0.6 is 23.2 Å². The van der Waals surface area contributed by atoms with Crippen LogP contribution in [0.15, 0.2) is 73.0 Å². The van der Waals surface area contributed by atoms with Gasteiger partial charge in [0.05, 0.1) is 33.5 Å². The zero-order valence-electron chi connectivity index (χ0n) is 22.4. The number of aryl methyl sites for hydroxylation is 1. The van der Waals surface area contributed by atoms with Crippen molar-refractivity contribution in [1.29, 1.82) is 5.26 Å². The fourth-order valence-electron chi connectivity index (χ4n) is 5.20. The van der Waals surface area contributed by atoms with Crippen molar-refractivity contribution in [1.82, 2.24) is 31.3 Å². The third-order valence-electron chi connectivity index (χ3n) is 7.44. The number of nitrogens with zero attached hydrogens (tertiary/aromatic N) is 4. The normalized spacial score (nSPS) is 16.1. The number of piperidine rings is 1. The van der Waals surface area contributed by atoms with Gasteiger partial charge < -0.3 is 21.4 Å². The Morgan fingerprint density at radius 2 is 1.90 bits per heavy atom. The van der Waals surface area contributed by atoms with Gasteiger partial charge in [0.1, 0.15) is 6.07 Å². The second-order valence-electron chi connectivity index (χ2n) is 10.2. The molecule has 1 saturated heterocycles. The van der Waals surface area contributed by atoms with E-state index < -0.39 is 0 Å². The SMILES string of the molecule is Cc1ccc(Nc2c(C#N)cnc3c(Cl)cc(NC(C4=CN(C5CCNCC5)NN4)c4cccnc4)cc23)cc1Cl. The van der Waals surface area contributed by atoms with Gasteiger partial charge in [0.15, 0.2) is 0 Å². The molecule has 11 heteroatoms. The van der Waals surface area contributed by atoms with Gasteiger partial charge in [-0.3, -0.25) is 15.0 Å². The quantitative estimate of drug-likeness (QED) is 0.180. The third-order valence-corrected chi connectivity index (χ3v) is 8.13. The number of fused-ring (bicyclic) bond motifs is 1. The molecule has 0 saturated carbocycles. The molecule has 2 aliphatic heterocycles. The maximum atomic E-state index is 9.92. The Hall–Kier alpha value is -4.07. The molecule has 0 radical (unpaired) electrons. The largest absolute Gasteiger partial charge is 0.373 e. The van der Waals surface area contributed by atoms with Crippen molar-refractivity contribution < 1.29 is 0 Å². The molecule has 2 aromatic carbocycles. The standard InChI is InChI=1S/C30H29Cl2N9/c1-18-4-5-21(12-25(18)31)37-28-20(14-33)16-36-30-24(28)11-22(13-26(30)32)38-29(19-3-2-8-35-15-19)27-17-41(40-39-27)23-6-9-34-10-7-23/h2-5,8,11-13,15-17,23,29,34,38-40H,6-7,9-10H2,1H3,(H,36,37). The van der Waals surface area contributed by atoms with E-state index in [0.717, 1.165) is 54.1 Å². The van der Waals surface area contributed by atoms with Crippen molar-refractivity contribution >= 4 is 51.2 Å². The Kier molecular flexibility index (Phi) is 7.81. The first kappa shape index (κ1) is 27.1. The molecular weight excluding hydrogens is 557 g/mol. The lowest BCUT2D eigenvalue weighted by molar-refractivity contribution is 0.162. The van der Waals surface area contributed by atoms with E-state index in [1.54, 1.807) is 6.20 Å². The highest BCUT2D eigenvalue weighted by Crippen LogP contribution is 2.37. The van der Waals surface area contributed by atoms with E-state index in [1.165, 1.54) is 6.20 Å². The average Bonchev–Trinajstić information content (AvgIpc) is 3.49. The molecule has 2 aromatic heterocycles. The summed E-state index contributed by atoms with van der Waals surface area (Å²) in [5.74, 6) is 0. The molecule has 0 aliphatic carbocycles. The molecule has 1 fully saturated rings. The number of anilines is 3. The van der Waals surface area contributed by atoms with Gasteiger partial charge in [-0.2, -0.15) is 5.26 Å². The van der Waals surface area contributed by atoms with Gasteiger partial charge in [-0.1, -0.05) is 35.3 Å². The summed E-state index contributed by atoms with van der Waals surface area (Å²) in [6.07, 6.45) is 9.37. The summed E-state index contributed by atoms with van der Waals surface area (Å²) in [5.41, 5.74) is 12.7. The highest BCUT2D eigenvalue weighted by molar-refractivity contribution is 6.36. The second kappa shape index (κ2) is 11.8. The number of aromatic nitrogens is 2. The second-order valence-corrected chi connectivity index (χ2v) is 11.0. The molecule has 6 rings (SSSR count). The summed E-state index contributed by atoms with van der Waals surface area (Å²) in [6, 6.07) is 15.9. The van der Waals surface area contributed by atoms with Crippen molar-refractivity contribution in [3.05, 3.63) is 99.7 Å². The Morgan fingerprint density at radius 1 is 1.07 bits per heavy atom. The van der Waals surface area contributed by atoms with E-state index in [0.29, 0.717) is 38.2 Å². The van der Waals surface area contributed by atoms with Gasteiger partial charge in [0.2, 0.25) is 0 Å². The number of halogens is 2. The van der Waals surface area contributed by atoms with Crippen LogP contribution in [0.5, 0.6) is 0 Å². The van der Waals surface area contributed by atoms with Crippen LogP contribution in [-0.4, -0.2) is 34.1 Å².